The number of carbonyl (C=O) groups is 3. The number of nitrogens with one attached hydrogen (secondary N) is 1. The van der Waals surface area contributed by atoms with Crippen LogP contribution in [0.3, 0.4) is 0 Å². The molecule has 7 nitrogen and oxygen atoms in total. The topological polar surface area (TPSA) is 107 Å². The maximum atomic E-state index is 13.5. The fraction of sp³-hybridized carbons (Fsp3) is 0.885. The van der Waals surface area contributed by atoms with Crippen LogP contribution in [0.4, 0.5) is 0 Å². The molecule has 6 fully saturated rings. The van der Waals surface area contributed by atoms with Gasteiger partial charge in [-0.3, -0.25) is 19.1 Å². The van der Waals surface area contributed by atoms with Crippen molar-refractivity contribution in [3.05, 3.63) is 0 Å². The number of amides is 1. The molecule has 0 aliphatic heterocycles. The number of esters is 1. The largest absolute Gasteiger partial charge is 0.459 e. The maximum absolute atomic E-state index is 13.5. The third kappa shape index (κ3) is 4.01. The van der Waals surface area contributed by atoms with Gasteiger partial charge in [0.25, 0.3) is 0 Å². The van der Waals surface area contributed by atoms with Gasteiger partial charge in [-0.25, -0.2) is 8.42 Å². The van der Waals surface area contributed by atoms with Crippen molar-refractivity contribution in [3.63, 3.8) is 0 Å². The summed E-state index contributed by atoms with van der Waals surface area (Å²) in [6.45, 7) is 9.71. The molecule has 1 N–H and O–H groups in total. The van der Waals surface area contributed by atoms with Crippen LogP contribution in [-0.2, 0) is 29.1 Å². The van der Waals surface area contributed by atoms with Crippen LogP contribution in [0.15, 0.2) is 0 Å². The van der Waals surface area contributed by atoms with Crippen LogP contribution in [0.5, 0.6) is 0 Å². The zero-order chi connectivity index (χ0) is 25.2. The second kappa shape index (κ2) is 8.31. The first-order valence-corrected chi connectivity index (χ1v) is 14.8. The van der Waals surface area contributed by atoms with Crippen molar-refractivity contribution >= 4 is 27.7 Å². The summed E-state index contributed by atoms with van der Waals surface area (Å²) in [4.78, 5) is 38.5. The Balaban J connectivity index is 0.00000133. The Bertz CT molecular complexity index is 971. The van der Waals surface area contributed by atoms with E-state index in [2.05, 4.69) is 4.72 Å². The van der Waals surface area contributed by atoms with Gasteiger partial charge in [0, 0.05) is 18.3 Å². The molecule has 0 heterocycles. The molecule has 4 unspecified atom stereocenters. The molecule has 0 aromatic rings. The molecule has 6 saturated carbocycles. The number of Topliss-reactive ketones (excluding diaryl/α,β-unsaturated/α-hetero) is 1. The molecule has 1 amide bonds. The number of rotatable bonds is 7. The highest BCUT2D eigenvalue weighted by Gasteiger charge is 2.65. The molecular formula is C26H41NO6S. The lowest BCUT2D eigenvalue weighted by Gasteiger charge is -2.60. The van der Waals surface area contributed by atoms with Gasteiger partial charge in [0.05, 0.1) is 16.6 Å². The molecule has 8 heteroatoms. The van der Waals surface area contributed by atoms with Gasteiger partial charge in [-0.1, -0.05) is 20.8 Å². The molecule has 4 bridgehead atoms. The second-order valence-electron chi connectivity index (χ2n) is 12.3. The first kappa shape index (κ1) is 25.6. The van der Waals surface area contributed by atoms with Gasteiger partial charge < -0.3 is 4.74 Å². The summed E-state index contributed by atoms with van der Waals surface area (Å²) in [5.41, 5.74) is -2.82. The number of ketones is 1. The highest BCUT2D eigenvalue weighted by atomic mass is 32.2. The Kier molecular flexibility index (Phi) is 6.27. The van der Waals surface area contributed by atoms with Gasteiger partial charge in [0.15, 0.2) is 0 Å². The monoisotopic (exact) mass is 495 g/mol. The lowest BCUT2D eigenvalue weighted by molar-refractivity contribution is -0.210. The number of hydrogen-bond donors (Lipinski definition) is 1. The van der Waals surface area contributed by atoms with Crippen molar-refractivity contribution in [1.82, 2.24) is 4.72 Å². The van der Waals surface area contributed by atoms with E-state index >= 15 is 0 Å². The average molecular weight is 496 g/mol. The molecule has 6 aliphatic carbocycles. The van der Waals surface area contributed by atoms with Gasteiger partial charge >= 0.3 is 5.97 Å². The van der Waals surface area contributed by atoms with Gasteiger partial charge in [0.1, 0.15) is 11.4 Å². The van der Waals surface area contributed by atoms with Crippen molar-refractivity contribution in [1.29, 1.82) is 0 Å². The predicted octanol–water partition coefficient (Wildman–Crippen LogP) is 4.15. The Morgan fingerprint density at radius 2 is 1.74 bits per heavy atom. The van der Waals surface area contributed by atoms with E-state index in [4.69, 9.17) is 4.74 Å². The molecule has 0 radical (unpaired) electrons. The number of ether oxygens (including phenoxy) is 1. The number of sulfonamides is 1. The van der Waals surface area contributed by atoms with E-state index in [1.807, 2.05) is 34.6 Å². The van der Waals surface area contributed by atoms with Crippen molar-refractivity contribution < 1.29 is 27.5 Å². The minimum absolute atomic E-state index is 0.0192. The van der Waals surface area contributed by atoms with Gasteiger partial charge in [-0.15, -0.1) is 0 Å². The van der Waals surface area contributed by atoms with E-state index in [1.54, 1.807) is 0 Å². The van der Waals surface area contributed by atoms with Crippen LogP contribution in [0.1, 0.15) is 98.8 Å². The van der Waals surface area contributed by atoms with Crippen LogP contribution >= 0.6 is 0 Å². The number of fused-ring (bicyclic) bond motifs is 1. The molecule has 0 aromatic heterocycles. The maximum Gasteiger partial charge on any atom is 0.312 e. The molecule has 34 heavy (non-hydrogen) atoms. The van der Waals surface area contributed by atoms with Gasteiger partial charge in [0.2, 0.25) is 15.9 Å². The quantitative estimate of drug-likeness (QED) is 0.532. The summed E-state index contributed by atoms with van der Waals surface area (Å²) < 4.78 is 34.4. The predicted molar refractivity (Wildman–Crippen MR) is 128 cm³/mol. The van der Waals surface area contributed by atoms with Crippen LogP contribution in [0.25, 0.3) is 0 Å². The van der Waals surface area contributed by atoms with Crippen LogP contribution in [0.2, 0.25) is 0 Å². The first-order valence-electron chi connectivity index (χ1n) is 13.1. The summed E-state index contributed by atoms with van der Waals surface area (Å²) in [5, 5.41) is 0. The molecule has 192 valence electrons. The number of hydrogen-bond acceptors (Lipinski definition) is 6. The highest BCUT2D eigenvalue weighted by molar-refractivity contribution is 7.90. The van der Waals surface area contributed by atoms with E-state index in [9.17, 15) is 22.8 Å². The van der Waals surface area contributed by atoms with E-state index in [0.29, 0.717) is 38.5 Å². The summed E-state index contributed by atoms with van der Waals surface area (Å²) >= 11 is 0. The average Bonchev–Trinajstić information content (AvgIpc) is 2.75. The summed E-state index contributed by atoms with van der Waals surface area (Å²) in [6.07, 6.45) is 6.86. The summed E-state index contributed by atoms with van der Waals surface area (Å²) in [5.74, 6) is -0.250. The van der Waals surface area contributed by atoms with Crippen molar-refractivity contribution in [3.8, 4) is 0 Å². The van der Waals surface area contributed by atoms with Crippen molar-refractivity contribution in [2.45, 2.75) is 104 Å². The van der Waals surface area contributed by atoms with Gasteiger partial charge in [-0.2, -0.15) is 0 Å². The minimum atomic E-state index is -3.91. The fourth-order valence-electron chi connectivity index (χ4n) is 7.60. The van der Waals surface area contributed by atoms with Gasteiger partial charge in [-0.05, 0) is 83.0 Å². The SMILES string of the molecule is CC.CCC(C)(C)C(=O)OC12CC3CC(C1)CC(C(=O)NS(=O)(=O)CC14CCC1CC4=O)(C3)C2. The standard InChI is InChI=1S/C24H35NO6S.C2H6/c1-4-21(2,3)20(28)31-23-11-15-7-16(12-23)10-22(9-15,13-23)19(27)25-32(29,30)14-24-6-5-17(24)8-18(24)26;1-2/h15-17H,4-14H2,1-3H3,(H,25,27);1-2H3. The Labute approximate surface area is 204 Å². The third-order valence-corrected chi connectivity index (χ3v) is 11.0. The summed E-state index contributed by atoms with van der Waals surface area (Å²) in [6, 6.07) is 0. The summed E-state index contributed by atoms with van der Waals surface area (Å²) in [7, 11) is -3.91. The van der Waals surface area contributed by atoms with Crippen LogP contribution in [-0.4, -0.2) is 37.4 Å². The lowest BCUT2D eigenvalue weighted by atomic mass is 9.47. The highest BCUT2D eigenvalue weighted by Crippen LogP contribution is 2.63. The molecule has 6 rings (SSSR count). The van der Waals surface area contributed by atoms with E-state index in [0.717, 1.165) is 25.7 Å². The molecular weight excluding hydrogens is 454 g/mol. The normalized spacial score (nSPS) is 39.7. The minimum Gasteiger partial charge on any atom is -0.459 e. The van der Waals surface area contributed by atoms with Crippen molar-refractivity contribution in [2.75, 3.05) is 5.75 Å². The van der Waals surface area contributed by atoms with E-state index in [1.165, 1.54) is 0 Å². The molecule has 0 spiro atoms. The van der Waals surface area contributed by atoms with Crippen LogP contribution < -0.4 is 4.72 Å². The van der Waals surface area contributed by atoms with Crippen LogP contribution in [0, 0.1) is 34.0 Å². The van der Waals surface area contributed by atoms with Crippen molar-refractivity contribution in [2.24, 2.45) is 34.0 Å². The van der Waals surface area contributed by atoms with E-state index < -0.39 is 37.8 Å². The molecule has 6 aliphatic rings. The number of carbonyl (C=O) groups excluding carboxylic acids is 3. The molecule has 0 saturated heterocycles. The second-order valence-corrected chi connectivity index (χ2v) is 14.0. The Hall–Kier alpha value is -1.44. The lowest BCUT2D eigenvalue weighted by Crippen LogP contribution is -2.64. The Morgan fingerprint density at radius 1 is 1.12 bits per heavy atom. The zero-order valence-corrected chi connectivity index (χ0v) is 22.2. The van der Waals surface area contributed by atoms with E-state index in [-0.39, 0.29) is 35.3 Å². The smallest absolute Gasteiger partial charge is 0.312 e. The fourth-order valence-corrected chi connectivity index (χ4v) is 9.39. The molecule has 4 atom stereocenters. The first-order chi connectivity index (χ1) is 15.8. The molecule has 0 aromatic carbocycles. The Morgan fingerprint density at radius 3 is 2.21 bits per heavy atom. The zero-order valence-electron chi connectivity index (χ0n) is 21.4. The third-order valence-electron chi connectivity index (χ3n) is 9.64.